The number of halogens is 1. The van der Waals surface area contributed by atoms with Crippen LogP contribution in [0.5, 0.6) is 0 Å². The Labute approximate surface area is 114 Å². The third kappa shape index (κ3) is 2.47. The van der Waals surface area contributed by atoms with Crippen LogP contribution in [0, 0.1) is 5.82 Å². The van der Waals surface area contributed by atoms with Crippen LogP contribution in [0.4, 0.5) is 4.39 Å². The number of amides is 1. The molecule has 20 heavy (non-hydrogen) atoms. The molecule has 1 N–H and O–H groups in total. The molecule has 98 valence electrons. The summed E-state index contributed by atoms with van der Waals surface area (Å²) in [7, 11) is 0. The van der Waals surface area contributed by atoms with Crippen molar-refractivity contribution < 1.29 is 9.18 Å². The van der Waals surface area contributed by atoms with Crippen molar-refractivity contribution in [2.24, 2.45) is 4.99 Å². The van der Waals surface area contributed by atoms with Gasteiger partial charge in [-0.3, -0.25) is 9.78 Å². The van der Waals surface area contributed by atoms with Crippen molar-refractivity contribution in [1.29, 1.82) is 0 Å². The quantitative estimate of drug-likeness (QED) is 0.847. The monoisotopic (exact) mass is 267 g/mol. The minimum Gasteiger partial charge on any atom is -0.305 e. The lowest BCUT2D eigenvalue weighted by molar-refractivity contribution is -0.115. The number of rotatable bonds is 2. The second-order valence-corrected chi connectivity index (χ2v) is 4.24. The van der Waals surface area contributed by atoms with Crippen LogP contribution in [-0.2, 0) is 4.79 Å². The SMILES string of the molecule is O=C1NC(c2cccnc2)=N/C1=C/c1cccc(F)c1. The third-order valence-corrected chi connectivity index (χ3v) is 2.78. The molecule has 0 unspecified atom stereocenters. The molecule has 0 fully saturated rings. The number of aliphatic imine (C=N–C) groups is 1. The van der Waals surface area contributed by atoms with Gasteiger partial charge in [-0.2, -0.15) is 0 Å². The first-order chi connectivity index (χ1) is 9.72. The molecule has 1 aliphatic heterocycles. The molecule has 0 saturated carbocycles. The van der Waals surface area contributed by atoms with E-state index < -0.39 is 0 Å². The Bertz CT molecular complexity index is 723. The van der Waals surface area contributed by atoms with Gasteiger partial charge in [-0.1, -0.05) is 12.1 Å². The molecule has 0 spiro atoms. The molecule has 1 amide bonds. The van der Waals surface area contributed by atoms with Crippen LogP contribution in [0.15, 0.2) is 59.5 Å². The highest BCUT2D eigenvalue weighted by Gasteiger charge is 2.20. The number of hydrogen-bond acceptors (Lipinski definition) is 3. The first kappa shape index (κ1) is 12.2. The topological polar surface area (TPSA) is 54.4 Å². The Kier molecular flexibility index (Phi) is 3.09. The summed E-state index contributed by atoms with van der Waals surface area (Å²) in [6, 6.07) is 9.55. The highest BCUT2D eigenvalue weighted by Crippen LogP contribution is 2.15. The van der Waals surface area contributed by atoms with Crippen LogP contribution in [0.1, 0.15) is 11.1 Å². The van der Waals surface area contributed by atoms with Crippen molar-refractivity contribution in [3.8, 4) is 0 Å². The minimum atomic E-state index is -0.353. The molecule has 0 bridgehead atoms. The summed E-state index contributed by atoms with van der Waals surface area (Å²) >= 11 is 0. The second-order valence-electron chi connectivity index (χ2n) is 4.24. The van der Waals surface area contributed by atoms with E-state index in [1.54, 1.807) is 42.7 Å². The van der Waals surface area contributed by atoms with Gasteiger partial charge in [0.1, 0.15) is 17.3 Å². The van der Waals surface area contributed by atoms with E-state index in [-0.39, 0.29) is 17.4 Å². The van der Waals surface area contributed by atoms with Crippen molar-refractivity contribution >= 4 is 17.8 Å². The number of hydrogen-bond donors (Lipinski definition) is 1. The van der Waals surface area contributed by atoms with Gasteiger partial charge in [0.05, 0.1) is 0 Å². The van der Waals surface area contributed by atoms with E-state index in [2.05, 4.69) is 15.3 Å². The molecular weight excluding hydrogens is 257 g/mol. The summed E-state index contributed by atoms with van der Waals surface area (Å²) in [5.74, 6) is -0.215. The van der Waals surface area contributed by atoms with Gasteiger partial charge >= 0.3 is 0 Å². The lowest BCUT2D eigenvalue weighted by Crippen LogP contribution is -2.24. The lowest BCUT2D eigenvalue weighted by atomic mass is 10.2. The van der Waals surface area contributed by atoms with Crippen LogP contribution in [-0.4, -0.2) is 16.7 Å². The van der Waals surface area contributed by atoms with Crippen LogP contribution in [0.25, 0.3) is 6.08 Å². The van der Waals surface area contributed by atoms with Crippen LogP contribution in [0.3, 0.4) is 0 Å². The Hall–Kier alpha value is -2.82. The van der Waals surface area contributed by atoms with Crippen molar-refractivity contribution in [2.75, 3.05) is 0 Å². The molecule has 1 aliphatic rings. The number of pyridine rings is 1. The molecule has 0 radical (unpaired) electrons. The largest absolute Gasteiger partial charge is 0.305 e. The Morgan fingerprint density at radius 1 is 1.20 bits per heavy atom. The average molecular weight is 267 g/mol. The molecule has 4 nitrogen and oxygen atoms in total. The van der Waals surface area contributed by atoms with Gasteiger partial charge in [-0.05, 0) is 35.9 Å². The first-order valence-corrected chi connectivity index (χ1v) is 6.00. The second kappa shape index (κ2) is 5.05. The van der Waals surface area contributed by atoms with Gasteiger partial charge in [0.25, 0.3) is 5.91 Å². The summed E-state index contributed by atoms with van der Waals surface area (Å²) in [5, 5.41) is 2.66. The van der Waals surface area contributed by atoms with E-state index >= 15 is 0 Å². The van der Waals surface area contributed by atoms with E-state index in [1.807, 2.05) is 0 Å². The van der Waals surface area contributed by atoms with E-state index in [9.17, 15) is 9.18 Å². The van der Waals surface area contributed by atoms with E-state index in [1.165, 1.54) is 12.1 Å². The number of nitrogens with zero attached hydrogens (tertiary/aromatic N) is 2. The Morgan fingerprint density at radius 3 is 2.85 bits per heavy atom. The minimum absolute atomic E-state index is 0.245. The fraction of sp³-hybridized carbons (Fsp3) is 0. The van der Waals surface area contributed by atoms with E-state index in [0.29, 0.717) is 11.4 Å². The summed E-state index contributed by atoms with van der Waals surface area (Å²) in [4.78, 5) is 20.0. The van der Waals surface area contributed by atoms with E-state index in [0.717, 1.165) is 5.56 Å². The fourth-order valence-corrected chi connectivity index (χ4v) is 1.86. The smallest absolute Gasteiger partial charge is 0.275 e. The normalized spacial score (nSPS) is 16.1. The summed E-state index contributed by atoms with van der Waals surface area (Å²) in [6.07, 6.45) is 4.80. The zero-order chi connectivity index (χ0) is 13.9. The molecule has 0 saturated heterocycles. The van der Waals surface area contributed by atoms with Crippen molar-refractivity contribution in [3.63, 3.8) is 0 Å². The summed E-state index contributed by atoms with van der Waals surface area (Å²) in [5.41, 5.74) is 1.56. The van der Waals surface area contributed by atoms with E-state index in [4.69, 9.17) is 0 Å². The number of benzene rings is 1. The fourth-order valence-electron chi connectivity index (χ4n) is 1.86. The van der Waals surface area contributed by atoms with Gasteiger partial charge in [0.15, 0.2) is 0 Å². The first-order valence-electron chi connectivity index (χ1n) is 6.00. The molecule has 1 aromatic carbocycles. The lowest BCUT2D eigenvalue weighted by Gasteiger charge is -1.97. The number of nitrogens with one attached hydrogen (secondary N) is 1. The highest BCUT2D eigenvalue weighted by molar-refractivity contribution is 6.19. The summed E-state index contributed by atoms with van der Waals surface area (Å²) < 4.78 is 13.1. The maximum atomic E-state index is 13.1. The van der Waals surface area contributed by atoms with Crippen molar-refractivity contribution in [1.82, 2.24) is 10.3 Å². The molecular formula is C15H10FN3O. The molecule has 2 aromatic rings. The Morgan fingerprint density at radius 2 is 2.10 bits per heavy atom. The molecule has 1 aromatic heterocycles. The molecule has 3 rings (SSSR count). The molecule has 0 atom stereocenters. The number of amidine groups is 1. The van der Waals surface area contributed by atoms with Crippen molar-refractivity contribution in [2.45, 2.75) is 0 Å². The van der Waals surface area contributed by atoms with Crippen molar-refractivity contribution in [3.05, 3.63) is 71.4 Å². The number of carbonyl (C=O) groups is 1. The van der Waals surface area contributed by atoms with Gasteiger partial charge < -0.3 is 5.32 Å². The maximum absolute atomic E-state index is 13.1. The highest BCUT2D eigenvalue weighted by atomic mass is 19.1. The van der Waals surface area contributed by atoms with Crippen LogP contribution in [0.2, 0.25) is 0 Å². The predicted molar refractivity (Wildman–Crippen MR) is 73.3 cm³/mol. The molecule has 5 heteroatoms. The molecule has 0 aliphatic carbocycles. The molecule has 2 heterocycles. The van der Waals surface area contributed by atoms with Gasteiger partial charge in [-0.15, -0.1) is 0 Å². The zero-order valence-corrected chi connectivity index (χ0v) is 10.4. The van der Waals surface area contributed by atoms with Gasteiger partial charge in [0.2, 0.25) is 0 Å². The average Bonchev–Trinajstić information content (AvgIpc) is 2.81. The standard InChI is InChI=1S/C15H10FN3O/c16-12-5-1-3-10(7-12)8-13-15(20)19-14(18-13)11-4-2-6-17-9-11/h1-9H,(H,18,19,20)/b13-8+. The predicted octanol–water partition coefficient (Wildman–Crippen LogP) is 2.14. The van der Waals surface area contributed by atoms with Crippen LogP contribution >= 0.6 is 0 Å². The number of carbonyl (C=O) groups excluding carboxylic acids is 1. The Balaban J connectivity index is 1.95. The summed E-state index contributed by atoms with van der Waals surface area (Å²) in [6.45, 7) is 0. The maximum Gasteiger partial charge on any atom is 0.275 e. The third-order valence-electron chi connectivity index (χ3n) is 2.78. The van der Waals surface area contributed by atoms with Gasteiger partial charge in [-0.25, -0.2) is 9.38 Å². The number of aromatic nitrogens is 1. The zero-order valence-electron chi connectivity index (χ0n) is 10.4. The van der Waals surface area contributed by atoms with Crippen LogP contribution < -0.4 is 5.32 Å². The van der Waals surface area contributed by atoms with Gasteiger partial charge in [0, 0.05) is 18.0 Å².